The van der Waals surface area contributed by atoms with Gasteiger partial charge in [0.15, 0.2) is 0 Å². The lowest BCUT2D eigenvalue weighted by atomic mass is 10.2. The molecule has 3 N–H and O–H groups in total. The van der Waals surface area contributed by atoms with E-state index in [2.05, 4.69) is 4.72 Å². The van der Waals surface area contributed by atoms with E-state index in [9.17, 15) is 18.0 Å². The quantitative estimate of drug-likeness (QED) is 0.801. The van der Waals surface area contributed by atoms with Gasteiger partial charge < -0.3 is 15.5 Å². The zero-order valence-corrected chi connectivity index (χ0v) is 14.7. The normalized spacial score (nSPS) is 18.7. The first-order valence-corrected chi connectivity index (χ1v) is 9.81. The summed E-state index contributed by atoms with van der Waals surface area (Å²) in [6.07, 6.45) is 2.40. The van der Waals surface area contributed by atoms with Gasteiger partial charge in [0.1, 0.15) is 0 Å². The molecular formula is C16H22N4O4S. The number of amides is 3. The highest BCUT2D eigenvalue weighted by Gasteiger charge is 2.28. The van der Waals surface area contributed by atoms with Crippen LogP contribution < -0.4 is 10.5 Å². The van der Waals surface area contributed by atoms with E-state index in [-0.39, 0.29) is 16.8 Å². The average molecular weight is 366 g/mol. The van der Waals surface area contributed by atoms with Crippen LogP contribution in [0.5, 0.6) is 0 Å². The van der Waals surface area contributed by atoms with Gasteiger partial charge in [0.2, 0.25) is 10.0 Å². The molecule has 25 heavy (non-hydrogen) atoms. The van der Waals surface area contributed by atoms with E-state index in [4.69, 9.17) is 5.73 Å². The number of sulfonamides is 1. The number of hydrogen-bond acceptors (Lipinski definition) is 4. The van der Waals surface area contributed by atoms with Gasteiger partial charge in [-0.2, -0.15) is 0 Å². The second-order valence-electron chi connectivity index (χ2n) is 6.39. The standard InChI is InChI=1S/C16H22N4O4S/c17-16(22)20-9-1-8-19(10-11-20)15(21)12-2-6-14(7-3-12)25(23,24)18-13-4-5-13/h2-3,6-7,13,18H,1,4-5,8-11H2,(H2,17,22). The molecule has 1 heterocycles. The van der Waals surface area contributed by atoms with E-state index in [1.807, 2.05) is 0 Å². The van der Waals surface area contributed by atoms with Crippen LogP contribution in [-0.2, 0) is 10.0 Å². The highest BCUT2D eigenvalue weighted by atomic mass is 32.2. The SMILES string of the molecule is NC(=O)N1CCCN(C(=O)c2ccc(S(=O)(=O)NC3CC3)cc2)CC1. The molecule has 8 nitrogen and oxygen atoms in total. The Morgan fingerprint density at radius 2 is 1.60 bits per heavy atom. The number of primary amides is 1. The van der Waals surface area contributed by atoms with Crippen LogP contribution >= 0.6 is 0 Å². The summed E-state index contributed by atoms with van der Waals surface area (Å²) in [5.74, 6) is -0.176. The fourth-order valence-electron chi connectivity index (χ4n) is 2.79. The first-order chi connectivity index (χ1) is 11.9. The largest absolute Gasteiger partial charge is 0.351 e. The summed E-state index contributed by atoms with van der Waals surface area (Å²) in [4.78, 5) is 27.2. The van der Waals surface area contributed by atoms with Crippen molar-refractivity contribution in [1.29, 1.82) is 0 Å². The zero-order valence-electron chi connectivity index (χ0n) is 13.8. The first-order valence-electron chi connectivity index (χ1n) is 8.33. The number of nitrogens with two attached hydrogens (primary N) is 1. The number of hydrogen-bond donors (Lipinski definition) is 2. The Labute approximate surface area is 147 Å². The molecule has 0 aromatic heterocycles. The van der Waals surface area contributed by atoms with Crippen molar-refractivity contribution < 1.29 is 18.0 Å². The lowest BCUT2D eigenvalue weighted by molar-refractivity contribution is 0.0762. The Kier molecular flexibility index (Phi) is 4.96. The van der Waals surface area contributed by atoms with Gasteiger partial charge in [0.05, 0.1) is 4.90 Å². The van der Waals surface area contributed by atoms with E-state index >= 15 is 0 Å². The molecule has 3 amide bonds. The summed E-state index contributed by atoms with van der Waals surface area (Å²) in [7, 11) is -3.52. The maximum atomic E-state index is 12.6. The van der Waals surface area contributed by atoms with Gasteiger partial charge in [-0.1, -0.05) is 0 Å². The molecule has 3 rings (SSSR count). The van der Waals surface area contributed by atoms with Crippen LogP contribution in [0, 0.1) is 0 Å². The van der Waals surface area contributed by atoms with Crippen LogP contribution in [0.3, 0.4) is 0 Å². The molecule has 1 aliphatic carbocycles. The van der Waals surface area contributed by atoms with Crippen molar-refractivity contribution in [3.63, 3.8) is 0 Å². The highest BCUT2D eigenvalue weighted by molar-refractivity contribution is 7.89. The third kappa shape index (κ3) is 4.29. The second kappa shape index (κ2) is 7.01. The van der Waals surface area contributed by atoms with Crippen molar-refractivity contribution in [2.45, 2.75) is 30.2 Å². The van der Waals surface area contributed by atoms with Crippen LogP contribution in [0.25, 0.3) is 0 Å². The lowest BCUT2D eigenvalue weighted by Gasteiger charge is -2.21. The number of benzene rings is 1. The van der Waals surface area contributed by atoms with Crippen molar-refractivity contribution >= 4 is 22.0 Å². The van der Waals surface area contributed by atoms with Crippen LogP contribution in [0.4, 0.5) is 4.79 Å². The van der Waals surface area contributed by atoms with E-state index in [0.29, 0.717) is 38.2 Å². The molecule has 9 heteroatoms. The molecule has 0 radical (unpaired) electrons. The average Bonchev–Trinajstić information content (AvgIpc) is 3.40. The summed E-state index contributed by atoms with van der Waals surface area (Å²) < 4.78 is 26.9. The van der Waals surface area contributed by atoms with Crippen molar-refractivity contribution in [1.82, 2.24) is 14.5 Å². The fourth-order valence-corrected chi connectivity index (χ4v) is 4.09. The maximum Gasteiger partial charge on any atom is 0.314 e. The predicted octanol–water partition coefficient (Wildman–Crippen LogP) is 0.354. The van der Waals surface area contributed by atoms with Crippen molar-refractivity contribution in [2.24, 2.45) is 5.73 Å². The van der Waals surface area contributed by atoms with Crippen LogP contribution in [-0.4, -0.2) is 62.4 Å². The van der Waals surface area contributed by atoms with Crippen LogP contribution in [0.1, 0.15) is 29.6 Å². The molecule has 1 aromatic carbocycles. The van der Waals surface area contributed by atoms with Gasteiger partial charge in [0.25, 0.3) is 5.91 Å². The lowest BCUT2D eigenvalue weighted by Crippen LogP contribution is -2.39. The monoisotopic (exact) mass is 366 g/mol. The van der Waals surface area contributed by atoms with Gasteiger partial charge in [-0.15, -0.1) is 0 Å². The molecule has 136 valence electrons. The van der Waals surface area contributed by atoms with E-state index < -0.39 is 16.1 Å². The fraction of sp³-hybridized carbons (Fsp3) is 0.500. The second-order valence-corrected chi connectivity index (χ2v) is 8.10. The molecule has 1 aliphatic heterocycles. The summed E-state index contributed by atoms with van der Waals surface area (Å²) in [5.41, 5.74) is 5.71. The number of carbonyl (C=O) groups excluding carboxylic acids is 2. The van der Waals surface area contributed by atoms with Gasteiger partial charge in [-0.3, -0.25) is 4.79 Å². The Morgan fingerprint density at radius 3 is 2.20 bits per heavy atom. The minimum absolute atomic E-state index is 0.0385. The van der Waals surface area contributed by atoms with E-state index in [1.165, 1.54) is 29.2 Å². The van der Waals surface area contributed by atoms with Gasteiger partial charge in [-0.05, 0) is 43.5 Å². The Bertz CT molecular complexity index is 759. The van der Waals surface area contributed by atoms with Gasteiger partial charge in [-0.25, -0.2) is 17.9 Å². The molecule has 1 aromatic rings. The number of rotatable bonds is 4. The number of carbonyl (C=O) groups is 2. The molecule has 2 fully saturated rings. The molecule has 0 unspecified atom stereocenters. The first kappa shape index (κ1) is 17.7. The maximum absolute atomic E-state index is 12.6. The van der Waals surface area contributed by atoms with E-state index in [1.54, 1.807) is 4.90 Å². The number of urea groups is 1. The smallest absolute Gasteiger partial charge is 0.314 e. The minimum Gasteiger partial charge on any atom is -0.351 e. The summed E-state index contributed by atoms with van der Waals surface area (Å²) in [5, 5.41) is 0. The summed E-state index contributed by atoms with van der Waals surface area (Å²) >= 11 is 0. The molecule has 0 bridgehead atoms. The topological polar surface area (TPSA) is 113 Å². The molecule has 1 saturated heterocycles. The zero-order chi connectivity index (χ0) is 18.0. The van der Waals surface area contributed by atoms with E-state index in [0.717, 1.165) is 12.8 Å². The Hall–Kier alpha value is -2.13. The van der Waals surface area contributed by atoms with Gasteiger partial charge in [0, 0.05) is 37.8 Å². The molecule has 0 spiro atoms. The number of nitrogens with zero attached hydrogens (tertiary/aromatic N) is 2. The summed E-state index contributed by atoms with van der Waals surface area (Å²) in [6, 6.07) is 5.52. The van der Waals surface area contributed by atoms with Crippen molar-refractivity contribution in [2.75, 3.05) is 26.2 Å². The van der Waals surface area contributed by atoms with Crippen molar-refractivity contribution in [3.8, 4) is 0 Å². The Morgan fingerprint density at radius 1 is 1.00 bits per heavy atom. The third-order valence-electron chi connectivity index (χ3n) is 4.41. The van der Waals surface area contributed by atoms with Gasteiger partial charge >= 0.3 is 6.03 Å². The van der Waals surface area contributed by atoms with Crippen LogP contribution in [0.15, 0.2) is 29.2 Å². The Balaban J connectivity index is 1.67. The molecule has 2 aliphatic rings. The van der Waals surface area contributed by atoms with Crippen LogP contribution in [0.2, 0.25) is 0 Å². The predicted molar refractivity (Wildman–Crippen MR) is 91.5 cm³/mol. The molecule has 1 saturated carbocycles. The summed E-state index contributed by atoms with van der Waals surface area (Å²) in [6.45, 7) is 1.87. The van der Waals surface area contributed by atoms with Crippen molar-refractivity contribution in [3.05, 3.63) is 29.8 Å². The third-order valence-corrected chi connectivity index (χ3v) is 5.94. The molecule has 0 atom stereocenters. The minimum atomic E-state index is -3.52. The molecular weight excluding hydrogens is 344 g/mol. The number of nitrogens with one attached hydrogen (secondary N) is 1. The highest BCUT2D eigenvalue weighted by Crippen LogP contribution is 2.22.